The highest BCUT2D eigenvalue weighted by molar-refractivity contribution is 9.10. The van der Waals surface area contributed by atoms with E-state index in [1.165, 1.54) is 17.2 Å². The Morgan fingerprint density at radius 1 is 1.05 bits per heavy atom. The van der Waals surface area contributed by atoms with E-state index in [0.29, 0.717) is 5.56 Å². The number of aryl methyl sites for hydroxylation is 1. The maximum Gasteiger partial charge on any atom is 0.129 e. The zero-order chi connectivity index (χ0) is 15.4. The van der Waals surface area contributed by atoms with E-state index < -0.39 is 0 Å². The van der Waals surface area contributed by atoms with Crippen LogP contribution in [-0.4, -0.2) is 0 Å². The Morgan fingerprint density at radius 3 is 2.29 bits per heavy atom. The van der Waals surface area contributed by atoms with Gasteiger partial charge in [-0.1, -0.05) is 53.2 Å². The zero-order valence-corrected chi connectivity index (χ0v) is 14.2. The third-order valence-corrected chi connectivity index (χ3v) is 4.31. The standard InChI is InChI=1S/C18H21BrFN/c1-4-14-5-7-15(8-6-14)12(2)21-13(3)17-10-9-16(19)11-18(17)20/h5-13,21H,4H2,1-3H3. The second kappa shape index (κ2) is 7.19. The molecule has 0 amide bonds. The number of benzene rings is 2. The molecule has 3 heteroatoms. The van der Waals surface area contributed by atoms with E-state index >= 15 is 0 Å². The number of halogens is 2. The fourth-order valence-electron chi connectivity index (χ4n) is 2.46. The lowest BCUT2D eigenvalue weighted by molar-refractivity contribution is 0.474. The van der Waals surface area contributed by atoms with Crippen LogP contribution >= 0.6 is 15.9 Å². The molecule has 0 spiro atoms. The van der Waals surface area contributed by atoms with Gasteiger partial charge >= 0.3 is 0 Å². The van der Waals surface area contributed by atoms with Crippen LogP contribution in [0, 0.1) is 5.82 Å². The largest absolute Gasteiger partial charge is 0.304 e. The third kappa shape index (κ3) is 4.14. The van der Waals surface area contributed by atoms with Crippen molar-refractivity contribution in [3.05, 3.63) is 69.4 Å². The van der Waals surface area contributed by atoms with Gasteiger partial charge in [0.2, 0.25) is 0 Å². The van der Waals surface area contributed by atoms with Gasteiger partial charge in [-0.25, -0.2) is 4.39 Å². The maximum absolute atomic E-state index is 14.0. The first-order valence-corrected chi connectivity index (χ1v) is 8.10. The molecule has 0 bridgehead atoms. The van der Waals surface area contributed by atoms with Gasteiger partial charge < -0.3 is 5.32 Å². The first-order valence-electron chi connectivity index (χ1n) is 7.31. The predicted octanol–water partition coefficient (Wildman–Crippen LogP) is 5.56. The van der Waals surface area contributed by atoms with Crippen LogP contribution in [0.4, 0.5) is 4.39 Å². The molecule has 0 radical (unpaired) electrons. The summed E-state index contributed by atoms with van der Waals surface area (Å²) in [4.78, 5) is 0. The first-order chi connectivity index (χ1) is 10.0. The van der Waals surface area contributed by atoms with E-state index in [2.05, 4.69) is 59.4 Å². The minimum atomic E-state index is -0.182. The lowest BCUT2D eigenvalue weighted by Gasteiger charge is -2.21. The molecule has 0 aromatic heterocycles. The van der Waals surface area contributed by atoms with Crippen molar-refractivity contribution < 1.29 is 4.39 Å². The van der Waals surface area contributed by atoms with Crippen molar-refractivity contribution >= 4 is 15.9 Å². The zero-order valence-electron chi connectivity index (χ0n) is 12.7. The van der Waals surface area contributed by atoms with Gasteiger partial charge in [-0.2, -0.15) is 0 Å². The molecule has 0 saturated heterocycles. The molecule has 0 heterocycles. The van der Waals surface area contributed by atoms with Crippen LogP contribution in [0.15, 0.2) is 46.9 Å². The lowest BCUT2D eigenvalue weighted by atomic mass is 10.0. The topological polar surface area (TPSA) is 12.0 Å². The van der Waals surface area contributed by atoms with Crippen LogP contribution in [0.2, 0.25) is 0 Å². The molecule has 2 rings (SSSR count). The summed E-state index contributed by atoms with van der Waals surface area (Å²) in [6.45, 7) is 6.24. The first kappa shape index (κ1) is 16.2. The Morgan fingerprint density at radius 2 is 1.71 bits per heavy atom. The molecule has 0 saturated carbocycles. The van der Waals surface area contributed by atoms with E-state index in [1.54, 1.807) is 0 Å². The van der Waals surface area contributed by atoms with Crippen LogP contribution in [-0.2, 0) is 6.42 Å². The van der Waals surface area contributed by atoms with Gasteiger partial charge in [-0.3, -0.25) is 0 Å². The van der Waals surface area contributed by atoms with Gasteiger partial charge in [0.15, 0.2) is 0 Å². The Labute approximate surface area is 134 Å². The average molecular weight is 350 g/mol. The Balaban J connectivity index is 2.08. The smallest absolute Gasteiger partial charge is 0.129 e. The van der Waals surface area contributed by atoms with Crippen molar-refractivity contribution in [2.24, 2.45) is 0 Å². The highest BCUT2D eigenvalue weighted by Gasteiger charge is 2.14. The molecule has 1 nitrogen and oxygen atoms in total. The third-order valence-electron chi connectivity index (χ3n) is 3.82. The molecule has 2 aromatic rings. The Hall–Kier alpha value is -1.19. The second-order valence-electron chi connectivity index (χ2n) is 5.37. The molecule has 0 fully saturated rings. The Bertz CT molecular complexity index is 595. The lowest BCUT2D eigenvalue weighted by Crippen LogP contribution is -2.23. The highest BCUT2D eigenvalue weighted by Crippen LogP contribution is 2.24. The van der Waals surface area contributed by atoms with Crippen LogP contribution in [0.3, 0.4) is 0 Å². The molecule has 2 atom stereocenters. The summed E-state index contributed by atoms with van der Waals surface area (Å²) in [6, 6.07) is 13.9. The predicted molar refractivity (Wildman–Crippen MR) is 89.9 cm³/mol. The van der Waals surface area contributed by atoms with Crippen molar-refractivity contribution in [1.29, 1.82) is 0 Å². The van der Waals surface area contributed by atoms with Crippen LogP contribution in [0.5, 0.6) is 0 Å². The summed E-state index contributed by atoms with van der Waals surface area (Å²) in [6.07, 6.45) is 1.04. The van der Waals surface area contributed by atoms with Crippen LogP contribution < -0.4 is 5.32 Å². The quantitative estimate of drug-likeness (QED) is 0.744. The van der Waals surface area contributed by atoms with Gasteiger partial charge in [0.05, 0.1) is 0 Å². The molecule has 21 heavy (non-hydrogen) atoms. The fraction of sp³-hybridized carbons (Fsp3) is 0.333. The summed E-state index contributed by atoms with van der Waals surface area (Å²) >= 11 is 3.29. The average Bonchev–Trinajstić information content (AvgIpc) is 2.47. The van der Waals surface area contributed by atoms with E-state index in [0.717, 1.165) is 10.9 Å². The van der Waals surface area contributed by atoms with Gasteiger partial charge in [0, 0.05) is 22.1 Å². The maximum atomic E-state index is 14.0. The second-order valence-corrected chi connectivity index (χ2v) is 6.29. The normalized spacial score (nSPS) is 14.0. The van der Waals surface area contributed by atoms with Crippen molar-refractivity contribution in [1.82, 2.24) is 5.32 Å². The summed E-state index contributed by atoms with van der Waals surface area (Å²) in [5, 5.41) is 3.45. The molecular formula is C18H21BrFN. The van der Waals surface area contributed by atoms with Crippen molar-refractivity contribution in [2.75, 3.05) is 0 Å². The van der Waals surface area contributed by atoms with Gasteiger partial charge in [-0.15, -0.1) is 0 Å². The number of rotatable bonds is 5. The van der Waals surface area contributed by atoms with Crippen LogP contribution in [0.1, 0.15) is 49.5 Å². The molecule has 112 valence electrons. The Kier molecular flexibility index (Phi) is 5.54. The summed E-state index contributed by atoms with van der Waals surface area (Å²) in [5.74, 6) is -0.182. The molecule has 2 unspecified atom stereocenters. The van der Waals surface area contributed by atoms with E-state index in [-0.39, 0.29) is 17.9 Å². The number of nitrogens with one attached hydrogen (secondary N) is 1. The molecule has 0 aliphatic rings. The van der Waals surface area contributed by atoms with Crippen LogP contribution in [0.25, 0.3) is 0 Å². The SMILES string of the molecule is CCc1ccc(C(C)NC(C)c2ccc(Br)cc2F)cc1. The molecule has 0 aliphatic heterocycles. The molecule has 2 aromatic carbocycles. The fourth-order valence-corrected chi connectivity index (χ4v) is 2.79. The van der Waals surface area contributed by atoms with E-state index in [4.69, 9.17) is 0 Å². The van der Waals surface area contributed by atoms with E-state index in [1.807, 2.05) is 19.1 Å². The van der Waals surface area contributed by atoms with E-state index in [9.17, 15) is 4.39 Å². The molecule has 0 aliphatic carbocycles. The van der Waals surface area contributed by atoms with Crippen molar-refractivity contribution in [2.45, 2.75) is 39.3 Å². The highest BCUT2D eigenvalue weighted by atomic mass is 79.9. The summed E-state index contributed by atoms with van der Waals surface area (Å²) in [7, 11) is 0. The summed E-state index contributed by atoms with van der Waals surface area (Å²) < 4.78 is 14.7. The number of hydrogen-bond acceptors (Lipinski definition) is 1. The summed E-state index contributed by atoms with van der Waals surface area (Å²) in [5.41, 5.74) is 3.24. The molecular weight excluding hydrogens is 329 g/mol. The van der Waals surface area contributed by atoms with Crippen molar-refractivity contribution in [3.63, 3.8) is 0 Å². The monoisotopic (exact) mass is 349 g/mol. The van der Waals surface area contributed by atoms with Gasteiger partial charge in [-0.05, 0) is 43.5 Å². The minimum absolute atomic E-state index is 0.0426. The minimum Gasteiger partial charge on any atom is -0.304 e. The van der Waals surface area contributed by atoms with Crippen molar-refractivity contribution in [3.8, 4) is 0 Å². The molecule has 1 N–H and O–H groups in total. The van der Waals surface area contributed by atoms with Gasteiger partial charge in [0.25, 0.3) is 0 Å². The van der Waals surface area contributed by atoms with Gasteiger partial charge in [0.1, 0.15) is 5.82 Å². The number of hydrogen-bond donors (Lipinski definition) is 1.